The van der Waals surface area contributed by atoms with Gasteiger partial charge in [-0.3, -0.25) is 4.79 Å². The molecule has 0 saturated carbocycles. The van der Waals surface area contributed by atoms with E-state index in [-0.39, 0.29) is 17.8 Å². The molecule has 0 bridgehead atoms. The van der Waals surface area contributed by atoms with Crippen LogP contribution >= 0.6 is 11.8 Å². The summed E-state index contributed by atoms with van der Waals surface area (Å²) in [5.74, 6) is 1.14. The predicted octanol–water partition coefficient (Wildman–Crippen LogP) is 3.82. The molecule has 1 amide bonds. The van der Waals surface area contributed by atoms with Gasteiger partial charge in [-0.2, -0.15) is 5.26 Å². The molecular formula is C24H29N3O3S. The Labute approximate surface area is 187 Å². The molecule has 1 fully saturated rings. The molecule has 1 saturated heterocycles. The van der Waals surface area contributed by atoms with E-state index in [0.717, 1.165) is 56.3 Å². The number of nitrogens with one attached hydrogen (secondary N) is 1. The van der Waals surface area contributed by atoms with Gasteiger partial charge in [-0.05, 0) is 49.7 Å². The lowest BCUT2D eigenvalue weighted by Gasteiger charge is -2.20. The smallest absolute Gasteiger partial charge is 0.235 e. The number of nitrogens with zero attached hydrogens (tertiary/aromatic N) is 2. The van der Waals surface area contributed by atoms with Gasteiger partial charge in [0.25, 0.3) is 0 Å². The van der Waals surface area contributed by atoms with Crippen molar-refractivity contribution in [1.29, 1.82) is 5.26 Å². The molecule has 164 valence electrons. The zero-order valence-electron chi connectivity index (χ0n) is 17.7. The average molecular weight is 440 g/mol. The standard InChI is InChI=1S/C24H29N3O3S/c25-13-20-19-10-4-5-11-21(19)27(14-18-9-6-12-30-18)24(20)26-23(29)16-31-15-22(28)17-7-2-1-3-8-17/h1-3,7-8,18,22,28H,4-6,9-12,14-16H2,(H,26,29). The second-order valence-corrected chi connectivity index (χ2v) is 9.23. The molecule has 4 rings (SSSR count). The second-order valence-electron chi connectivity index (χ2n) is 8.20. The number of hydrogen-bond acceptors (Lipinski definition) is 5. The highest BCUT2D eigenvalue weighted by Crippen LogP contribution is 2.34. The van der Waals surface area contributed by atoms with Crippen LogP contribution in [0.15, 0.2) is 30.3 Å². The number of carbonyl (C=O) groups is 1. The third-order valence-electron chi connectivity index (χ3n) is 6.05. The van der Waals surface area contributed by atoms with Gasteiger partial charge in [0, 0.05) is 18.1 Å². The summed E-state index contributed by atoms with van der Waals surface area (Å²) in [5, 5.41) is 23.2. The van der Waals surface area contributed by atoms with Crippen molar-refractivity contribution < 1.29 is 14.6 Å². The summed E-state index contributed by atoms with van der Waals surface area (Å²) < 4.78 is 7.97. The average Bonchev–Trinajstić information content (AvgIpc) is 3.41. The highest BCUT2D eigenvalue weighted by atomic mass is 32.2. The van der Waals surface area contributed by atoms with Crippen LogP contribution in [0.5, 0.6) is 0 Å². The van der Waals surface area contributed by atoms with Crippen molar-refractivity contribution in [1.82, 2.24) is 4.57 Å². The zero-order chi connectivity index (χ0) is 21.6. The molecule has 31 heavy (non-hydrogen) atoms. The van der Waals surface area contributed by atoms with E-state index in [9.17, 15) is 15.2 Å². The van der Waals surface area contributed by atoms with Crippen molar-refractivity contribution >= 4 is 23.5 Å². The number of amides is 1. The monoisotopic (exact) mass is 439 g/mol. The number of carbonyl (C=O) groups excluding carboxylic acids is 1. The van der Waals surface area contributed by atoms with Crippen molar-refractivity contribution in [3.63, 3.8) is 0 Å². The zero-order valence-corrected chi connectivity index (χ0v) is 18.5. The maximum absolute atomic E-state index is 12.7. The number of fused-ring (bicyclic) bond motifs is 1. The van der Waals surface area contributed by atoms with Gasteiger partial charge in [-0.15, -0.1) is 11.8 Å². The second kappa shape index (κ2) is 10.4. The minimum atomic E-state index is -0.607. The van der Waals surface area contributed by atoms with Crippen LogP contribution in [-0.2, 0) is 28.9 Å². The number of anilines is 1. The lowest BCUT2D eigenvalue weighted by molar-refractivity contribution is -0.113. The number of nitriles is 1. The first-order valence-electron chi connectivity index (χ1n) is 11.0. The van der Waals surface area contributed by atoms with Gasteiger partial charge in [0.2, 0.25) is 5.91 Å². The number of thioether (sulfide) groups is 1. The Morgan fingerprint density at radius 3 is 2.84 bits per heavy atom. The van der Waals surface area contributed by atoms with E-state index < -0.39 is 6.10 Å². The Morgan fingerprint density at radius 1 is 1.29 bits per heavy atom. The number of ether oxygens (including phenoxy) is 1. The van der Waals surface area contributed by atoms with Crippen molar-refractivity contribution in [2.45, 2.75) is 57.3 Å². The number of aliphatic hydroxyl groups excluding tert-OH is 1. The Bertz CT molecular complexity index is 945. The SMILES string of the molecule is N#Cc1c2c(n(CC3CCCO3)c1NC(=O)CSCC(O)c1ccccc1)CCCC2. The summed E-state index contributed by atoms with van der Waals surface area (Å²) in [6, 6.07) is 11.8. The van der Waals surface area contributed by atoms with Crippen LogP contribution in [-0.4, -0.2) is 39.8 Å². The van der Waals surface area contributed by atoms with E-state index in [1.807, 2.05) is 30.3 Å². The lowest BCUT2D eigenvalue weighted by Crippen LogP contribution is -2.23. The molecule has 6 nitrogen and oxygen atoms in total. The lowest BCUT2D eigenvalue weighted by atomic mass is 9.95. The van der Waals surface area contributed by atoms with E-state index >= 15 is 0 Å². The van der Waals surface area contributed by atoms with Crippen LogP contribution in [0.3, 0.4) is 0 Å². The summed E-state index contributed by atoms with van der Waals surface area (Å²) in [7, 11) is 0. The summed E-state index contributed by atoms with van der Waals surface area (Å²) in [5.41, 5.74) is 3.73. The number of benzene rings is 1. The van der Waals surface area contributed by atoms with Gasteiger partial charge < -0.3 is 19.7 Å². The first kappa shape index (κ1) is 21.9. The molecular weight excluding hydrogens is 410 g/mol. The molecule has 2 atom stereocenters. The van der Waals surface area contributed by atoms with E-state index in [2.05, 4.69) is 16.0 Å². The fourth-order valence-corrected chi connectivity index (χ4v) is 5.31. The Hall–Kier alpha value is -2.27. The highest BCUT2D eigenvalue weighted by Gasteiger charge is 2.28. The van der Waals surface area contributed by atoms with Gasteiger partial charge in [-0.25, -0.2) is 0 Å². The maximum Gasteiger partial charge on any atom is 0.235 e. The van der Waals surface area contributed by atoms with Gasteiger partial charge >= 0.3 is 0 Å². The summed E-state index contributed by atoms with van der Waals surface area (Å²) in [4.78, 5) is 12.7. The van der Waals surface area contributed by atoms with Crippen LogP contribution in [0, 0.1) is 11.3 Å². The van der Waals surface area contributed by atoms with E-state index in [4.69, 9.17) is 4.74 Å². The van der Waals surface area contributed by atoms with E-state index in [1.165, 1.54) is 17.5 Å². The van der Waals surface area contributed by atoms with E-state index in [0.29, 0.717) is 23.7 Å². The van der Waals surface area contributed by atoms with Gasteiger partial charge in [0.1, 0.15) is 11.9 Å². The third-order valence-corrected chi connectivity index (χ3v) is 7.06. The minimum Gasteiger partial charge on any atom is -0.388 e. The number of aromatic nitrogens is 1. The third kappa shape index (κ3) is 5.15. The summed E-state index contributed by atoms with van der Waals surface area (Å²) in [6.45, 7) is 1.46. The summed E-state index contributed by atoms with van der Waals surface area (Å²) >= 11 is 1.39. The van der Waals surface area contributed by atoms with Crippen LogP contribution in [0.2, 0.25) is 0 Å². The quantitative estimate of drug-likeness (QED) is 0.653. The van der Waals surface area contributed by atoms with Crippen LogP contribution in [0.4, 0.5) is 5.82 Å². The molecule has 0 radical (unpaired) electrons. The Kier molecular flexibility index (Phi) is 7.33. The van der Waals surface area contributed by atoms with Crippen molar-refractivity contribution in [3.8, 4) is 6.07 Å². The number of hydrogen-bond donors (Lipinski definition) is 2. The number of rotatable bonds is 8. The normalized spacial score (nSPS) is 18.9. The molecule has 2 N–H and O–H groups in total. The largest absolute Gasteiger partial charge is 0.388 e. The molecule has 2 unspecified atom stereocenters. The maximum atomic E-state index is 12.7. The molecule has 1 aromatic carbocycles. The minimum absolute atomic E-state index is 0.135. The summed E-state index contributed by atoms with van der Waals surface area (Å²) in [6.07, 6.45) is 5.60. The van der Waals surface area contributed by atoms with Crippen molar-refractivity contribution in [2.24, 2.45) is 0 Å². The van der Waals surface area contributed by atoms with Crippen molar-refractivity contribution in [2.75, 3.05) is 23.4 Å². The van der Waals surface area contributed by atoms with Gasteiger partial charge in [0.15, 0.2) is 0 Å². The molecule has 7 heteroatoms. The van der Waals surface area contributed by atoms with Crippen LogP contribution in [0.25, 0.3) is 0 Å². The highest BCUT2D eigenvalue weighted by molar-refractivity contribution is 8.00. The Morgan fingerprint density at radius 2 is 2.10 bits per heavy atom. The first-order valence-corrected chi connectivity index (χ1v) is 12.2. The van der Waals surface area contributed by atoms with Crippen LogP contribution in [0.1, 0.15) is 54.2 Å². The fraction of sp³-hybridized carbons (Fsp3) is 0.500. The topological polar surface area (TPSA) is 87.3 Å². The molecule has 2 aromatic rings. The van der Waals surface area contributed by atoms with Crippen molar-refractivity contribution in [3.05, 3.63) is 52.7 Å². The Balaban J connectivity index is 1.44. The molecule has 0 spiro atoms. The predicted molar refractivity (Wildman–Crippen MR) is 122 cm³/mol. The van der Waals surface area contributed by atoms with Gasteiger partial charge in [-0.1, -0.05) is 30.3 Å². The fourth-order valence-electron chi connectivity index (χ4n) is 4.52. The molecule has 2 aliphatic rings. The van der Waals surface area contributed by atoms with Gasteiger partial charge in [0.05, 0.1) is 30.1 Å². The molecule has 1 aromatic heterocycles. The number of aliphatic hydroxyl groups is 1. The first-order chi connectivity index (χ1) is 15.2. The van der Waals surface area contributed by atoms with E-state index in [1.54, 1.807) is 0 Å². The van der Waals surface area contributed by atoms with Crippen LogP contribution < -0.4 is 5.32 Å². The molecule has 1 aliphatic carbocycles. The molecule has 2 heterocycles. The molecule has 1 aliphatic heterocycles.